The van der Waals surface area contributed by atoms with E-state index in [4.69, 9.17) is 0 Å². The number of nitrogens with zero attached hydrogens (tertiary/aromatic N) is 1. The molecule has 2 N–H and O–H groups in total. The molecule has 2 aromatic carbocycles. The Balaban J connectivity index is 2.07. The lowest BCUT2D eigenvalue weighted by Crippen LogP contribution is -3.10. The summed E-state index contributed by atoms with van der Waals surface area (Å²) in [5, 5.41) is 2.94. The Morgan fingerprint density at radius 1 is 0.964 bits per heavy atom. The SMILES string of the molecule is CC[NH+](CC)Cc1ccccc1CNC(=O)c1ccc(S(=O)(=O)N(C)C)cc1. The van der Waals surface area contributed by atoms with Gasteiger partial charge in [-0.25, -0.2) is 12.7 Å². The molecule has 0 atom stereocenters. The summed E-state index contributed by atoms with van der Waals surface area (Å²) in [5.41, 5.74) is 2.76. The van der Waals surface area contributed by atoms with Gasteiger partial charge in [0.25, 0.3) is 5.91 Å². The molecule has 0 aromatic heterocycles. The lowest BCUT2D eigenvalue weighted by atomic mass is 10.1. The lowest BCUT2D eigenvalue weighted by molar-refractivity contribution is -0.910. The van der Waals surface area contributed by atoms with Crippen LogP contribution in [-0.4, -0.2) is 45.8 Å². The van der Waals surface area contributed by atoms with Crippen molar-refractivity contribution < 1.29 is 18.1 Å². The van der Waals surface area contributed by atoms with Crippen LogP contribution in [0.15, 0.2) is 53.4 Å². The van der Waals surface area contributed by atoms with Crippen molar-refractivity contribution in [1.29, 1.82) is 0 Å². The Morgan fingerprint density at radius 2 is 1.54 bits per heavy atom. The minimum atomic E-state index is -3.50. The maximum Gasteiger partial charge on any atom is 0.251 e. The van der Waals surface area contributed by atoms with Crippen LogP contribution in [0.1, 0.15) is 35.3 Å². The van der Waals surface area contributed by atoms with Crippen LogP contribution in [0.25, 0.3) is 0 Å². The number of quaternary nitrogens is 1. The van der Waals surface area contributed by atoms with Gasteiger partial charge in [0, 0.05) is 31.8 Å². The Morgan fingerprint density at radius 3 is 2.07 bits per heavy atom. The highest BCUT2D eigenvalue weighted by molar-refractivity contribution is 7.89. The van der Waals surface area contributed by atoms with Gasteiger partial charge in [-0.3, -0.25) is 4.79 Å². The molecule has 7 heteroatoms. The van der Waals surface area contributed by atoms with E-state index in [9.17, 15) is 13.2 Å². The van der Waals surface area contributed by atoms with Gasteiger partial charge in [0.05, 0.1) is 18.0 Å². The summed E-state index contributed by atoms with van der Waals surface area (Å²) in [6, 6.07) is 14.1. The Hall–Kier alpha value is -2.22. The first-order valence-electron chi connectivity index (χ1n) is 9.50. The van der Waals surface area contributed by atoms with Gasteiger partial charge in [-0.15, -0.1) is 0 Å². The molecule has 0 aliphatic heterocycles. The second kappa shape index (κ2) is 9.82. The predicted molar refractivity (Wildman–Crippen MR) is 111 cm³/mol. The number of carbonyl (C=O) groups is 1. The summed E-state index contributed by atoms with van der Waals surface area (Å²) < 4.78 is 25.4. The summed E-state index contributed by atoms with van der Waals surface area (Å²) in [6.45, 7) is 7.81. The van der Waals surface area contributed by atoms with Crippen molar-refractivity contribution in [2.24, 2.45) is 0 Å². The fourth-order valence-corrected chi connectivity index (χ4v) is 3.84. The molecule has 1 amide bonds. The molecule has 0 fully saturated rings. The smallest absolute Gasteiger partial charge is 0.251 e. The zero-order valence-corrected chi connectivity index (χ0v) is 17.8. The molecule has 2 aromatic rings. The molecule has 152 valence electrons. The molecule has 0 saturated carbocycles. The van der Waals surface area contributed by atoms with E-state index >= 15 is 0 Å². The Kier molecular flexibility index (Phi) is 7.74. The van der Waals surface area contributed by atoms with Crippen LogP contribution in [0.2, 0.25) is 0 Å². The third-order valence-electron chi connectivity index (χ3n) is 4.89. The van der Waals surface area contributed by atoms with Crippen molar-refractivity contribution in [3.63, 3.8) is 0 Å². The van der Waals surface area contributed by atoms with Gasteiger partial charge >= 0.3 is 0 Å². The summed E-state index contributed by atoms with van der Waals surface area (Å²) >= 11 is 0. The van der Waals surface area contributed by atoms with Crippen LogP contribution in [0, 0.1) is 0 Å². The maximum absolute atomic E-state index is 12.5. The lowest BCUT2D eigenvalue weighted by Gasteiger charge is -2.18. The summed E-state index contributed by atoms with van der Waals surface area (Å²) in [7, 11) is -0.539. The number of amides is 1. The van der Waals surface area contributed by atoms with Crippen molar-refractivity contribution in [2.45, 2.75) is 31.8 Å². The van der Waals surface area contributed by atoms with Gasteiger partial charge in [-0.05, 0) is 43.7 Å². The average Bonchev–Trinajstić information content (AvgIpc) is 2.70. The minimum absolute atomic E-state index is 0.168. The highest BCUT2D eigenvalue weighted by Crippen LogP contribution is 2.14. The standard InChI is InChI=1S/C21H29N3O3S/c1-5-24(6-2)16-19-10-8-7-9-18(19)15-22-21(25)17-11-13-20(14-12-17)28(26,27)23(3)4/h7-14H,5-6,15-16H2,1-4H3,(H,22,25)/p+1. The molecule has 0 heterocycles. The van der Waals surface area contributed by atoms with Gasteiger partial charge in [0.1, 0.15) is 6.54 Å². The molecule has 0 aliphatic carbocycles. The van der Waals surface area contributed by atoms with Crippen molar-refractivity contribution in [1.82, 2.24) is 9.62 Å². The van der Waals surface area contributed by atoms with E-state index in [1.54, 1.807) is 0 Å². The molecular formula is C21H30N3O3S+. The topological polar surface area (TPSA) is 70.9 Å². The van der Waals surface area contributed by atoms with E-state index in [1.165, 1.54) is 48.8 Å². The number of carbonyl (C=O) groups excluding carboxylic acids is 1. The van der Waals surface area contributed by atoms with Gasteiger partial charge in [0.15, 0.2) is 0 Å². The van der Waals surface area contributed by atoms with Crippen LogP contribution in [0.3, 0.4) is 0 Å². The molecule has 0 spiro atoms. The zero-order valence-electron chi connectivity index (χ0n) is 17.0. The highest BCUT2D eigenvalue weighted by atomic mass is 32.2. The van der Waals surface area contributed by atoms with Crippen LogP contribution in [-0.2, 0) is 23.1 Å². The number of sulfonamides is 1. The van der Waals surface area contributed by atoms with E-state index in [2.05, 4.69) is 25.2 Å². The summed E-state index contributed by atoms with van der Waals surface area (Å²) in [6.07, 6.45) is 0. The predicted octanol–water partition coefficient (Wildman–Crippen LogP) is 1.29. The van der Waals surface area contributed by atoms with E-state index in [1.807, 2.05) is 18.2 Å². The zero-order chi connectivity index (χ0) is 20.7. The van der Waals surface area contributed by atoms with Gasteiger partial charge in [0.2, 0.25) is 10.0 Å². The molecule has 6 nitrogen and oxygen atoms in total. The van der Waals surface area contributed by atoms with Crippen LogP contribution in [0.4, 0.5) is 0 Å². The molecule has 0 bridgehead atoms. The number of rotatable bonds is 9. The van der Waals surface area contributed by atoms with Gasteiger partial charge in [-0.1, -0.05) is 24.3 Å². The average molecular weight is 405 g/mol. The number of nitrogens with one attached hydrogen (secondary N) is 2. The molecule has 0 unspecified atom stereocenters. The summed E-state index contributed by atoms with van der Waals surface area (Å²) in [4.78, 5) is 14.1. The maximum atomic E-state index is 12.5. The normalized spacial score (nSPS) is 11.8. The van der Waals surface area contributed by atoms with Crippen LogP contribution in [0.5, 0.6) is 0 Å². The third kappa shape index (κ3) is 5.41. The molecular weight excluding hydrogens is 374 g/mol. The third-order valence-corrected chi connectivity index (χ3v) is 6.72. The summed E-state index contributed by atoms with van der Waals surface area (Å²) in [5.74, 6) is -0.223. The van der Waals surface area contributed by atoms with Crippen molar-refractivity contribution in [3.05, 3.63) is 65.2 Å². The first-order chi connectivity index (χ1) is 13.3. The van der Waals surface area contributed by atoms with Crippen LogP contribution >= 0.6 is 0 Å². The quantitative estimate of drug-likeness (QED) is 0.662. The largest absolute Gasteiger partial charge is 0.348 e. The molecule has 0 aliphatic rings. The van der Waals surface area contributed by atoms with Crippen molar-refractivity contribution in [2.75, 3.05) is 27.2 Å². The van der Waals surface area contributed by atoms with Crippen molar-refractivity contribution >= 4 is 15.9 Å². The van der Waals surface area contributed by atoms with E-state index in [0.29, 0.717) is 12.1 Å². The monoisotopic (exact) mass is 404 g/mol. The highest BCUT2D eigenvalue weighted by Gasteiger charge is 2.17. The number of hydrogen-bond acceptors (Lipinski definition) is 3. The van der Waals surface area contributed by atoms with Crippen LogP contribution < -0.4 is 10.2 Å². The van der Waals surface area contributed by atoms with Crippen molar-refractivity contribution in [3.8, 4) is 0 Å². The Bertz CT molecular complexity index is 889. The van der Waals surface area contributed by atoms with Gasteiger partial charge in [-0.2, -0.15) is 0 Å². The first-order valence-corrected chi connectivity index (χ1v) is 10.9. The van der Waals surface area contributed by atoms with E-state index in [-0.39, 0.29) is 10.8 Å². The minimum Gasteiger partial charge on any atom is -0.348 e. The second-order valence-electron chi connectivity index (χ2n) is 6.90. The fraction of sp³-hybridized carbons (Fsp3) is 0.381. The number of benzene rings is 2. The molecule has 28 heavy (non-hydrogen) atoms. The molecule has 0 saturated heterocycles. The first kappa shape index (κ1) is 22.1. The van der Waals surface area contributed by atoms with E-state index in [0.717, 1.165) is 29.5 Å². The number of hydrogen-bond donors (Lipinski definition) is 2. The van der Waals surface area contributed by atoms with Gasteiger partial charge < -0.3 is 10.2 Å². The molecule has 0 radical (unpaired) electrons. The molecule has 2 rings (SSSR count). The second-order valence-corrected chi connectivity index (χ2v) is 9.05. The fourth-order valence-electron chi connectivity index (χ4n) is 2.94. The van der Waals surface area contributed by atoms with E-state index < -0.39 is 10.0 Å². The Labute approximate surface area is 168 Å².